The molecule has 1 aromatic heterocycles. The van der Waals surface area contributed by atoms with E-state index in [1.54, 1.807) is 0 Å². The molecule has 0 bridgehead atoms. The van der Waals surface area contributed by atoms with Crippen molar-refractivity contribution in [1.82, 2.24) is 9.59 Å². The minimum Gasteiger partial charge on any atom is -0.296 e. The first-order valence-electron chi connectivity index (χ1n) is 5.21. The van der Waals surface area contributed by atoms with Crippen LogP contribution in [-0.4, -0.2) is 21.3 Å². The second kappa shape index (κ2) is 4.36. The van der Waals surface area contributed by atoms with Crippen molar-refractivity contribution in [1.29, 1.82) is 0 Å². The van der Waals surface area contributed by atoms with Crippen LogP contribution in [0.5, 0.6) is 0 Å². The summed E-state index contributed by atoms with van der Waals surface area (Å²) in [6, 6.07) is 4.00. The summed E-state index contributed by atoms with van der Waals surface area (Å²) < 4.78 is 17.7. The Balaban J connectivity index is 2.07. The lowest BCUT2D eigenvalue weighted by atomic mass is 10.1. The molecule has 0 N–H and O–H groups in total. The molecule has 1 amide bonds. The molecule has 5 nitrogen and oxygen atoms in total. The summed E-state index contributed by atoms with van der Waals surface area (Å²) in [5.74, 6) is -2.14. The number of para-hydroxylation sites is 1. The molecular weight excluding hydrogens is 293 g/mol. The Morgan fingerprint density at radius 3 is 2.84 bits per heavy atom. The fourth-order valence-electron chi connectivity index (χ4n) is 1.90. The number of rotatable bonds is 2. The minimum absolute atomic E-state index is 0.0263. The molecule has 1 aliphatic heterocycles. The van der Waals surface area contributed by atoms with Gasteiger partial charge in [0.1, 0.15) is 15.8 Å². The van der Waals surface area contributed by atoms with Crippen LogP contribution >= 0.6 is 23.1 Å². The highest BCUT2D eigenvalue weighted by Crippen LogP contribution is 2.33. The van der Waals surface area contributed by atoms with E-state index in [-0.39, 0.29) is 17.8 Å². The molecule has 0 fully saturated rings. The number of carbonyl (C=O) groups excluding carboxylic acids is 2. The lowest BCUT2D eigenvalue weighted by Gasteiger charge is -2.15. The van der Waals surface area contributed by atoms with E-state index in [2.05, 4.69) is 9.59 Å². The standard InChI is InChI=1S/C11H5ClFN3O2S/c12-10-7(14-15-19-10)4-16-8-5(9(17)11(16)18)2-1-3-6(8)13/h1-3H,4H2. The van der Waals surface area contributed by atoms with Crippen molar-refractivity contribution in [3.8, 4) is 0 Å². The summed E-state index contributed by atoms with van der Waals surface area (Å²) in [6.45, 7) is -0.0756. The average Bonchev–Trinajstić information content (AvgIpc) is 2.89. The van der Waals surface area contributed by atoms with Crippen molar-refractivity contribution in [3.63, 3.8) is 0 Å². The van der Waals surface area contributed by atoms with Gasteiger partial charge in [-0.1, -0.05) is 22.2 Å². The molecule has 0 radical (unpaired) electrons. The highest BCUT2D eigenvalue weighted by molar-refractivity contribution is 7.10. The molecule has 2 heterocycles. The zero-order valence-electron chi connectivity index (χ0n) is 9.26. The Hall–Kier alpha value is -1.86. The third-order valence-corrected chi connectivity index (χ3v) is 3.74. The second-order valence-electron chi connectivity index (χ2n) is 3.85. The van der Waals surface area contributed by atoms with E-state index in [1.165, 1.54) is 18.2 Å². The normalized spacial score (nSPS) is 14.1. The predicted molar refractivity (Wildman–Crippen MR) is 66.8 cm³/mol. The maximum atomic E-state index is 13.8. The van der Waals surface area contributed by atoms with Crippen LogP contribution in [0.3, 0.4) is 0 Å². The van der Waals surface area contributed by atoms with Crippen LogP contribution < -0.4 is 4.90 Å². The maximum absolute atomic E-state index is 13.8. The smallest absolute Gasteiger partial charge is 0.296 e. The molecular formula is C11H5ClFN3O2S. The zero-order chi connectivity index (χ0) is 13.6. The van der Waals surface area contributed by atoms with Gasteiger partial charge in [-0.15, -0.1) is 5.10 Å². The molecule has 8 heteroatoms. The Morgan fingerprint density at radius 2 is 2.16 bits per heavy atom. The molecule has 0 saturated heterocycles. The molecule has 3 rings (SSSR count). The van der Waals surface area contributed by atoms with Gasteiger partial charge in [0, 0.05) is 11.5 Å². The number of nitrogens with zero attached hydrogens (tertiary/aromatic N) is 3. The number of hydrogen-bond donors (Lipinski definition) is 0. The molecule has 0 saturated carbocycles. The molecule has 0 atom stereocenters. The van der Waals surface area contributed by atoms with Gasteiger partial charge in [-0.2, -0.15) is 0 Å². The lowest BCUT2D eigenvalue weighted by Crippen LogP contribution is -2.29. The maximum Gasteiger partial charge on any atom is 0.299 e. The first kappa shape index (κ1) is 12.2. The van der Waals surface area contributed by atoms with E-state index in [0.29, 0.717) is 10.0 Å². The van der Waals surface area contributed by atoms with Crippen LogP contribution in [0.4, 0.5) is 10.1 Å². The fraction of sp³-hybridized carbons (Fsp3) is 0.0909. The number of fused-ring (bicyclic) bond motifs is 1. The second-order valence-corrected chi connectivity index (χ2v) is 5.21. The van der Waals surface area contributed by atoms with E-state index < -0.39 is 17.5 Å². The molecule has 2 aromatic rings. The monoisotopic (exact) mass is 297 g/mol. The molecule has 0 aliphatic carbocycles. The van der Waals surface area contributed by atoms with Crippen molar-refractivity contribution in [2.75, 3.05) is 4.90 Å². The first-order chi connectivity index (χ1) is 9.09. The number of anilines is 1. The van der Waals surface area contributed by atoms with Gasteiger partial charge < -0.3 is 0 Å². The number of carbonyl (C=O) groups is 2. The van der Waals surface area contributed by atoms with E-state index in [4.69, 9.17) is 11.6 Å². The van der Waals surface area contributed by atoms with E-state index in [0.717, 1.165) is 16.4 Å². The fourth-order valence-corrected chi connectivity index (χ4v) is 2.52. The first-order valence-corrected chi connectivity index (χ1v) is 6.36. The third kappa shape index (κ3) is 1.82. The molecule has 0 unspecified atom stereocenters. The Kier molecular flexibility index (Phi) is 2.79. The number of ketones is 1. The van der Waals surface area contributed by atoms with E-state index in [9.17, 15) is 14.0 Å². The summed E-state index contributed by atoms with van der Waals surface area (Å²) in [7, 11) is 0. The number of hydrogen-bond acceptors (Lipinski definition) is 5. The number of amides is 1. The Morgan fingerprint density at radius 1 is 1.37 bits per heavy atom. The topological polar surface area (TPSA) is 63.2 Å². The zero-order valence-corrected chi connectivity index (χ0v) is 10.8. The van der Waals surface area contributed by atoms with Gasteiger partial charge in [0.2, 0.25) is 0 Å². The summed E-state index contributed by atoms with van der Waals surface area (Å²) in [6.07, 6.45) is 0. The molecule has 0 spiro atoms. The summed E-state index contributed by atoms with van der Waals surface area (Å²) >= 11 is 6.81. The molecule has 96 valence electrons. The number of benzene rings is 1. The van der Waals surface area contributed by atoms with Gasteiger partial charge in [0.15, 0.2) is 0 Å². The summed E-state index contributed by atoms with van der Waals surface area (Å²) in [4.78, 5) is 24.7. The van der Waals surface area contributed by atoms with Gasteiger partial charge in [-0.25, -0.2) is 4.39 Å². The van der Waals surface area contributed by atoms with Crippen molar-refractivity contribution >= 4 is 40.5 Å². The molecule has 19 heavy (non-hydrogen) atoms. The predicted octanol–water partition coefficient (Wildman–Crippen LogP) is 2.06. The highest BCUT2D eigenvalue weighted by atomic mass is 35.5. The van der Waals surface area contributed by atoms with Crippen molar-refractivity contribution < 1.29 is 14.0 Å². The van der Waals surface area contributed by atoms with Gasteiger partial charge >= 0.3 is 0 Å². The summed E-state index contributed by atoms with van der Waals surface area (Å²) in [5.41, 5.74) is 0.370. The quantitative estimate of drug-likeness (QED) is 0.796. The average molecular weight is 298 g/mol. The molecule has 1 aromatic carbocycles. The van der Waals surface area contributed by atoms with Crippen LogP contribution in [0.1, 0.15) is 16.1 Å². The van der Waals surface area contributed by atoms with Crippen LogP contribution in [0.2, 0.25) is 4.34 Å². The van der Waals surface area contributed by atoms with Gasteiger partial charge in [0.25, 0.3) is 11.7 Å². The van der Waals surface area contributed by atoms with Crippen LogP contribution in [0, 0.1) is 5.82 Å². The molecule has 1 aliphatic rings. The van der Waals surface area contributed by atoms with E-state index in [1.807, 2.05) is 0 Å². The van der Waals surface area contributed by atoms with Crippen molar-refractivity contribution in [3.05, 3.63) is 39.6 Å². The van der Waals surface area contributed by atoms with Crippen LogP contribution in [0.25, 0.3) is 0 Å². The van der Waals surface area contributed by atoms with Gasteiger partial charge in [-0.3, -0.25) is 14.5 Å². The number of aromatic nitrogens is 2. The van der Waals surface area contributed by atoms with Crippen molar-refractivity contribution in [2.45, 2.75) is 6.54 Å². The number of halogens is 2. The lowest BCUT2D eigenvalue weighted by molar-refractivity contribution is -0.114. The van der Waals surface area contributed by atoms with Gasteiger partial charge in [-0.05, 0) is 12.1 Å². The van der Waals surface area contributed by atoms with Crippen LogP contribution in [-0.2, 0) is 11.3 Å². The minimum atomic E-state index is -0.788. The SMILES string of the molecule is O=C1C(=O)N(Cc2nnsc2Cl)c2c(F)cccc21. The van der Waals surface area contributed by atoms with Gasteiger partial charge in [0.05, 0.1) is 17.8 Å². The summed E-state index contributed by atoms with van der Waals surface area (Å²) in [5, 5.41) is 3.75. The Bertz CT molecular complexity index is 703. The van der Waals surface area contributed by atoms with Crippen LogP contribution in [0.15, 0.2) is 18.2 Å². The highest BCUT2D eigenvalue weighted by Gasteiger charge is 2.38. The largest absolute Gasteiger partial charge is 0.299 e. The van der Waals surface area contributed by atoms with E-state index >= 15 is 0 Å². The number of Topliss-reactive ketones (excluding diaryl/α,β-unsaturated/α-hetero) is 1. The third-order valence-electron chi connectivity index (χ3n) is 2.76. The van der Waals surface area contributed by atoms with Crippen molar-refractivity contribution in [2.24, 2.45) is 0 Å². The Labute approximate surface area is 115 Å².